The van der Waals surface area contributed by atoms with Gasteiger partial charge >= 0.3 is 5.82 Å². The van der Waals surface area contributed by atoms with Crippen molar-refractivity contribution in [2.24, 2.45) is 5.92 Å². The van der Waals surface area contributed by atoms with Gasteiger partial charge in [0.05, 0.1) is 11.6 Å². The van der Waals surface area contributed by atoms with Gasteiger partial charge in [-0.1, -0.05) is 25.1 Å². The number of aryl methyl sites for hydroxylation is 1. The minimum atomic E-state index is -0.365. The Morgan fingerprint density at radius 2 is 1.97 bits per heavy atom. The minimum Gasteiger partial charge on any atom is -0.504 e. The van der Waals surface area contributed by atoms with Gasteiger partial charge in [-0.05, 0) is 42.0 Å². The smallest absolute Gasteiger partial charge is 0.371 e. The van der Waals surface area contributed by atoms with E-state index in [0.717, 1.165) is 5.76 Å². The number of aromatic nitrogens is 2. The molecule has 1 atom stereocenters. The van der Waals surface area contributed by atoms with Crippen LogP contribution in [-0.2, 0) is 0 Å². The van der Waals surface area contributed by atoms with Crippen molar-refractivity contribution in [1.82, 2.24) is 10.1 Å². The predicted molar refractivity (Wildman–Crippen MR) is 110 cm³/mol. The van der Waals surface area contributed by atoms with Crippen LogP contribution in [-0.4, -0.2) is 35.2 Å². The number of hydrogen-bond acceptors (Lipinski definition) is 7. The first-order chi connectivity index (χ1) is 14.2. The van der Waals surface area contributed by atoms with Crippen LogP contribution in [0.3, 0.4) is 0 Å². The van der Waals surface area contributed by atoms with Gasteiger partial charge < -0.3 is 19.7 Å². The molecule has 0 radical (unpaired) electrons. The molecular weight excluding hydrogens is 390 g/mol. The number of hydrogen-bond donors (Lipinski definition) is 4. The van der Waals surface area contributed by atoms with E-state index in [9.17, 15) is 14.8 Å². The quantitative estimate of drug-likeness (QED) is 0.434. The molecule has 0 aliphatic rings. The normalized spacial score (nSPS) is 12.1. The number of phenolic OH excluding ortho intramolecular Hbond substituents is 1. The molecule has 2 aromatic heterocycles. The highest BCUT2D eigenvalue weighted by Gasteiger charge is 2.28. The number of rotatable bonds is 7. The average Bonchev–Trinajstić information content (AvgIpc) is 3.26. The summed E-state index contributed by atoms with van der Waals surface area (Å²) in [5.41, 5.74) is 0.288. The highest BCUT2D eigenvalue weighted by molar-refractivity contribution is 5.98. The van der Waals surface area contributed by atoms with E-state index in [1.807, 2.05) is 32.9 Å². The summed E-state index contributed by atoms with van der Waals surface area (Å²) in [6.45, 7) is 5.88. The van der Waals surface area contributed by atoms with E-state index in [-0.39, 0.29) is 51.1 Å². The molecule has 3 aromatic rings. The van der Waals surface area contributed by atoms with Crippen molar-refractivity contribution < 1.29 is 23.5 Å². The SMILES string of the molecule is Cc1ccc([C@H](Nc2[nH]o[n+](=O)c2Nc2cccc(C(=O)N(C)C)c2O)C(C)C)o1. The van der Waals surface area contributed by atoms with E-state index < -0.39 is 0 Å². The molecule has 10 nitrogen and oxygen atoms in total. The fraction of sp³-hybridized carbons (Fsp3) is 0.350. The van der Waals surface area contributed by atoms with Crippen molar-refractivity contribution in [3.05, 3.63) is 52.3 Å². The molecule has 0 unspecified atom stereocenters. The molecule has 30 heavy (non-hydrogen) atoms. The van der Waals surface area contributed by atoms with Gasteiger partial charge in [0, 0.05) is 14.1 Å². The standard InChI is InChI=1S/C20H25N5O5/c1-11(2)16(15-10-9-12(3)29-15)22-18-19(25(28)30-23-18)21-14-8-6-7-13(17(14)26)20(27)24(4)5/h6-11,16,21H,1-5H3,(H2-,22,23,26,27,28)/p+1/t16-/m1/s1. The fourth-order valence-electron chi connectivity index (χ4n) is 3.01. The zero-order chi connectivity index (χ0) is 22.0. The van der Waals surface area contributed by atoms with Gasteiger partial charge in [0.1, 0.15) is 17.2 Å². The van der Waals surface area contributed by atoms with Crippen molar-refractivity contribution in [1.29, 1.82) is 0 Å². The summed E-state index contributed by atoms with van der Waals surface area (Å²) in [7, 11) is 3.17. The van der Waals surface area contributed by atoms with Crippen LogP contribution in [0.2, 0.25) is 0 Å². The zero-order valence-corrected chi connectivity index (χ0v) is 17.5. The molecule has 4 N–H and O–H groups in total. The first kappa shape index (κ1) is 21.0. The van der Waals surface area contributed by atoms with Crippen molar-refractivity contribution >= 4 is 23.2 Å². The average molecular weight is 416 g/mol. The molecule has 0 aliphatic carbocycles. The van der Waals surface area contributed by atoms with Crippen LogP contribution in [0, 0.1) is 17.7 Å². The summed E-state index contributed by atoms with van der Waals surface area (Å²) >= 11 is 0. The lowest BCUT2D eigenvalue weighted by Gasteiger charge is -2.19. The van der Waals surface area contributed by atoms with Gasteiger partial charge in [0.15, 0.2) is 10.3 Å². The maximum atomic E-state index is 12.3. The molecule has 0 saturated carbocycles. The monoisotopic (exact) mass is 416 g/mol. The van der Waals surface area contributed by atoms with Crippen LogP contribution >= 0.6 is 0 Å². The van der Waals surface area contributed by atoms with Crippen LogP contribution < -0.4 is 15.2 Å². The van der Waals surface area contributed by atoms with Crippen LogP contribution in [0.25, 0.3) is 0 Å². The number of aromatic hydroxyl groups is 1. The molecule has 0 aliphatic heterocycles. The Labute approximate surface area is 173 Å². The summed E-state index contributed by atoms with van der Waals surface area (Å²) in [6.07, 6.45) is 0. The predicted octanol–water partition coefficient (Wildman–Crippen LogP) is 3.38. The van der Waals surface area contributed by atoms with Crippen LogP contribution in [0.15, 0.2) is 39.4 Å². The molecule has 160 valence electrons. The Morgan fingerprint density at radius 1 is 1.23 bits per heavy atom. The highest BCUT2D eigenvalue weighted by atomic mass is 16.7. The van der Waals surface area contributed by atoms with E-state index in [0.29, 0.717) is 5.76 Å². The van der Waals surface area contributed by atoms with Gasteiger partial charge in [0.25, 0.3) is 11.7 Å². The first-order valence-electron chi connectivity index (χ1n) is 9.47. The Hall–Kier alpha value is -3.69. The molecule has 0 bridgehead atoms. The van der Waals surface area contributed by atoms with Crippen molar-refractivity contribution in [2.75, 3.05) is 24.7 Å². The van der Waals surface area contributed by atoms with Crippen molar-refractivity contribution in [2.45, 2.75) is 26.8 Å². The Balaban J connectivity index is 1.93. The van der Waals surface area contributed by atoms with Crippen molar-refractivity contribution in [3.63, 3.8) is 0 Å². The maximum absolute atomic E-state index is 12.3. The third kappa shape index (κ3) is 4.17. The zero-order valence-electron chi connectivity index (χ0n) is 17.5. The first-order valence-corrected chi connectivity index (χ1v) is 9.47. The minimum absolute atomic E-state index is 0.00585. The van der Waals surface area contributed by atoms with Crippen LogP contribution in [0.5, 0.6) is 5.75 Å². The molecular formula is C20H26N5O5+. The number of carbonyl (C=O) groups excluding carboxylic acids is 1. The Bertz CT molecular complexity index is 1100. The number of furan rings is 1. The fourth-order valence-corrected chi connectivity index (χ4v) is 3.01. The van der Waals surface area contributed by atoms with Crippen LogP contribution in [0.1, 0.15) is 41.8 Å². The summed E-state index contributed by atoms with van der Waals surface area (Å²) in [5.74, 6) is 1.23. The molecule has 0 saturated heterocycles. The lowest BCUT2D eigenvalue weighted by Crippen LogP contribution is -2.22. The summed E-state index contributed by atoms with van der Waals surface area (Å²) in [4.78, 5) is 25.8. The van der Waals surface area contributed by atoms with Gasteiger partial charge in [-0.15, -0.1) is 4.63 Å². The molecule has 0 spiro atoms. The number of H-pyrrole nitrogens is 1. The molecule has 1 aromatic carbocycles. The molecule has 3 rings (SSSR count). The second-order valence-corrected chi connectivity index (χ2v) is 7.51. The number of aromatic amines is 1. The third-order valence-corrected chi connectivity index (χ3v) is 4.61. The number of nitrogens with zero attached hydrogens (tertiary/aromatic N) is 2. The maximum Gasteiger partial charge on any atom is 0.371 e. The summed E-state index contributed by atoms with van der Waals surface area (Å²) in [6, 6.07) is 8.14. The molecule has 0 fully saturated rings. The number of amides is 1. The van der Waals surface area contributed by atoms with Crippen LogP contribution in [0.4, 0.5) is 17.3 Å². The Kier molecular flexibility index (Phi) is 5.86. The molecule has 2 heterocycles. The number of para-hydroxylation sites is 1. The largest absolute Gasteiger partial charge is 0.504 e. The number of carbonyl (C=O) groups is 1. The van der Waals surface area contributed by atoms with E-state index >= 15 is 0 Å². The molecule has 10 heteroatoms. The van der Waals surface area contributed by atoms with Gasteiger partial charge in [-0.2, -0.15) is 0 Å². The van der Waals surface area contributed by atoms with E-state index in [1.165, 1.54) is 11.0 Å². The lowest BCUT2D eigenvalue weighted by atomic mass is 10.0. The number of benzene rings is 1. The summed E-state index contributed by atoms with van der Waals surface area (Å²) < 4.78 is 10.8. The molecule has 1 amide bonds. The lowest BCUT2D eigenvalue weighted by molar-refractivity contribution is -0.701. The van der Waals surface area contributed by atoms with Gasteiger partial charge in [-0.3, -0.25) is 10.1 Å². The van der Waals surface area contributed by atoms with E-state index in [4.69, 9.17) is 9.05 Å². The topological polar surface area (TPSA) is 130 Å². The highest BCUT2D eigenvalue weighted by Crippen LogP contribution is 2.33. The second-order valence-electron chi connectivity index (χ2n) is 7.51. The number of phenols is 1. The van der Waals surface area contributed by atoms with Crippen molar-refractivity contribution in [3.8, 4) is 5.75 Å². The number of nitrogens with one attached hydrogen (secondary N) is 3. The van der Waals surface area contributed by atoms with Gasteiger partial charge in [-0.25, -0.2) is 0 Å². The summed E-state index contributed by atoms with van der Waals surface area (Å²) in [5, 5.41) is 19.1. The van der Waals surface area contributed by atoms with Gasteiger partial charge in [0.2, 0.25) is 0 Å². The Morgan fingerprint density at radius 3 is 2.57 bits per heavy atom. The third-order valence-electron chi connectivity index (χ3n) is 4.61. The van der Waals surface area contributed by atoms with E-state index in [1.54, 1.807) is 26.2 Å². The number of anilines is 3. The van der Waals surface area contributed by atoms with E-state index in [2.05, 4.69) is 15.8 Å². The second kappa shape index (κ2) is 8.36.